The van der Waals surface area contributed by atoms with E-state index in [2.05, 4.69) is 31.7 Å². The molecule has 2 heteroatoms. The minimum Gasteiger partial charge on any atom is -0.297 e. The lowest BCUT2D eigenvalue weighted by atomic mass is 10.1. The topological polar surface area (TPSA) is 27.0 Å². The van der Waals surface area contributed by atoms with Crippen LogP contribution in [0.3, 0.4) is 0 Å². The largest absolute Gasteiger partial charge is 0.297 e. The van der Waals surface area contributed by atoms with E-state index in [4.69, 9.17) is 5.26 Å². The predicted octanol–water partition coefficient (Wildman–Crippen LogP) is 3.18. The summed E-state index contributed by atoms with van der Waals surface area (Å²) in [6.07, 6.45) is 1.15. The van der Waals surface area contributed by atoms with Gasteiger partial charge in [-0.05, 0) is 38.4 Å². The molecule has 0 unspecified atom stereocenters. The number of hydrogen-bond acceptors (Lipinski definition) is 2. The molecule has 0 aliphatic heterocycles. The van der Waals surface area contributed by atoms with Crippen molar-refractivity contribution in [2.45, 2.75) is 39.8 Å². The predicted molar refractivity (Wildman–Crippen MR) is 67.0 cm³/mol. The van der Waals surface area contributed by atoms with Crippen molar-refractivity contribution in [3.05, 3.63) is 35.4 Å². The third kappa shape index (κ3) is 3.36. The second kappa shape index (κ2) is 6.30. The summed E-state index contributed by atoms with van der Waals surface area (Å²) in [4.78, 5) is 2.40. The van der Waals surface area contributed by atoms with Gasteiger partial charge in [0, 0.05) is 12.6 Å². The molecule has 1 aromatic carbocycles. The number of benzene rings is 1. The van der Waals surface area contributed by atoms with Gasteiger partial charge in [0.2, 0.25) is 0 Å². The average molecular weight is 216 g/mol. The Morgan fingerprint density at radius 1 is 1.31 bits per heavy atom. The lowest BCUT2D eigenvalue weighted by molar-refractivity contribution is 0.213. The van der Waals surface area contributed by atoms with E-state index in [1.807, 2.05) is 24.3 Å². The van der Waals surface area contributed by atoms with Crippen molar-refractivity contribution in [2.24, 2.45) is 0 Å². The van der Waals surface area contributed by atoms with E-state index in [0.29, 0.717) is 6.04 Å². The summed E-state index contributed by atoms with van der Waals surface area (Å²) in [7, 11) is 0. The van der Waals surface area contributed by atoms with Gasteiger partial charge in [0.1, 0.15) is 0 Å². The van der Waals surface area contributed by atoms with Crippen molar-refractivity contribution in [3.8, 4) is 6.07 Å². The molecule has 16 heavy (non-hydrogen) atoms. The molecule has 0 aliphatic carbocycles. The number of nitrogens with zero attached hydrogens (tertiary/aromatic N) is 2. The molecule has 0 atom stereocenters. The number of hydrogen-bond donors (Lipinski definition) is 0. The SMILES string of the molecule is CCCN(Cc1ccccc1C#N)C(C)C. The fraction of sp³-hybridized carbons (Fsp3) is 0.500. The van der Waals surface area contributed by atoms with E-state index in [0.717, 1.165) is 30.6 Å². The van der Waals surface area contributed by atoms with E-state index >= 15 is 0 Å². The van der Waals surface area contributed by atoms with Gasteiger partial charge >= 0.3 is 0 Å². The van der Waals surface area contributed by atoms with Crippen LogP contribution in [0.5, 0.6) is 0 Å². The van der Waals surface area contributed by atoms with Gasteiger partial charge in [0.05, 0.1) is 11.6 Å². The van der Waals surface area contributed by atoms with Crippen LogP contribution in [0, 0.1) is 11.3 Å². The number of rotatable bonds is 5. The molecule has 0 fully saturated rings. The Morgan fingerprint density at radius 2 is 2.00 bits per heavy atom. The first-order valence-corrected chi connectivity index (χ1v) is 5.91. The molecule has 0 bridgehead atoms. The molecular weight excluding hydrogens is 196 g/mol. The van der Waals surface area contributed by atoms with Crippen molar-refractivity contribution in [3.63, 3.8) is 0 Å². The normalized spacial score (nSPS) is 10.8. The molecule has 1 aromatic rings. The highest BCUT2D eigenvalue weighted by molar-refractivity contribution is 5.37. The summed E-state index contributed by atoms with van der Waals surface area (Å²) in [6.45, 7) is 8.54. The van der Waals surface area contributed by atoms with E-state index in [9.17, 15) is 0 Å². The Hall–Kier alpha value is -1.33. The molecule has 2 nitrogen and oxygen atoms in total. The van der Waals surface area contributed by atoms with Gasteiger partial charge in [0.15, 0.2) is 0 Å². The Balaban J connectivity index is 2.81. The first-order valence-electron chi connectivity index (χ1n) is 5.91. The van der Waals surface area contributed by atoms with Gasteiger partial charge in [-0.25, -0.2) is 0 Å². The second-order valence-electron chi connectivity index (χ2n) is 4.33. The Kier molecular flexibility index (Phi) is 5.01. The Morgan fingerprint density at radius 3 is 2.56 bits per heavy atom. The van der Waals surface area contributed by atoms with Crippen LogP contribution in [0.15, 0.2) is 24.3 Å². The smallest absolute Gasteiger partial charge is 0.0995 e. The van der Waals surface area contributed by atoms with Crippen molar-refractivity contribution >= 4 is 0 Å². The number of nitriles is 1. The Bertz CT molecular complexity index is 363. The van der Waals surface area contributed by atoms with Crippen LogP contribution in [0.1, 0.15) is 38.3 Å². The van der Waals surface area contributed by atoms with E-state index < -0.39 is 0 Å². The average Bonchev–Trinajstić information content (AvgIpc) is 2.29. The summed E-state index contributed by atoms with van der Waals surface area (Å²) in [5, 5.41) is 9.03. The molecule has 0 amide bonds. The van der Waals surface area contributed by atoms with Gasteiger partial charge in [-0.15, -0.1) is 0 Å². The summed E-state index contributed by atoms with van der Waals surface area (Å²) in [5.74, 6) is 0. The molecule has 0 aromatic heterocycles. The van der Waals surface area contributed by atoms with Crippen LogP contribution in [-0.4, -0.2) is 17.5 Å². The van der Waals surface area contributed by atoms with Gasteiger partial charge in [-0.2, -0.15) is 5.26 Å². The maximum Gasteiger partial charge on any atom is 0.0995 e. The van der Waals surface area contributed by atoms with Gasteiger partial charge in [-0.3, -0.25) is 4.90 Å². The molecule has 0 spiro atoms. The highest BCUT2D eigenvalue weighted by Crippen LogP contribution is 2.13. The van der Waals surface area contributed by atoms with E-state index in [1.165, 1.54) is 0 Å². The molecular formula is C14H20N2. The maximum atomic E-state index is 9.03. The van der Waals surface area contributed by atoms with Gasteiger partial charge in [0.25, 0.3) is 0 Å². The zero-order valence-electron chi connectivity index (χ0n) is 10.4. The summed E-state index contributed by atoms with van der Waals surface area (Å²) in [6, 6.07) is 10.6. The minimum absolute atomic E-state index is 0.520. The van der Waals surface area contributed by atoms with Crippen molar-refractivity contribution in [2.75, 3.05) is 6.54 Å². The second-order valence-corrected chi connectivity index (χ2v) is 4.33. The van der Waals surface area contributed by atoms with Crippen LogP contribution in [0.25, 0.3) is 0 Å². The van der Waals surface area contributed by atoms with Crippen molar-refractivity contribution in [1.82, 2.24) is 4.90 Å². The molecule has 0 radical (unpaired) electrons. The van der Waals surface area contributed by atoms with Crippen LogP contribution < -0.4 is 0 Å². The van der Waals surface area contributed by atoms with Gasteiger partial charge < -0.3 is 0 Å². The third-order valence-electron chi connectivity index (χ3n) is 2.75. The lowest BCUT2D eigenvalue weighted by Crippen LogP contribution is -2.31. The fourth-order valence-corrected chi connectivity index (χ4v) is 1.79. The highest BCUT2D eigenvalue weighted by atomic mass is 15.1. The molecule has 0 N–H and O–H groups in total. The molecule has 0 saturated carbocycles. The zero-order valence-corrected chi connectivity index (χ0v) is 10.4. The first-order chi connectivity index (χ1) is 7.69. The Labute approximate surface area is 98.5 Å². The molecule has 0 heterocycles. The van der Waals surface area contributed by atoms with Crippen LogP contribution in [0.2, 0.25) is 0 Å². The van der Waals surface area contributed by atoms with Crippen LogP contribution in [-0.2, 0) is 6.54 Å². The monoisotopic (exact) mass is 216 g/mol. The van der Waals surface area contributed by atoms with Crippen LogP contribution >= 0.6 is 0 Å². The first kappa shape index (κ1) is 12.7. The highest BCUT2D eigenvalue weighted by Gasteiger charge is 2.10. The van der Waals surface area contributed by atoms with Crippen LogP contribution in [0.4, 0.5) is 0 Å². The summed E-state index contributed by atoms with van der Waals surface area (Å²) in [5.41, 5.74) is 1.93. The van der Waals surface area contributed by atoms with Gasteiger partial charge in [-0.1, -0.05) is 25.1 Å². The van der Waals surface area contributed by atoms with E-state index in [1.54, 1.807) is 0 Å². The maximum absolute atomic E-state index is 9.03. The van der Waals surface area contributed by atoms with Crippen molar-refractivity contribution < 1.29 is 0 Å². The lowest BCUT2D eigenvalue weighted by Gasteiger charge is -2.26. The molecule has 1 rings (SSSR count). The fourth-order valence-electron chi connectivity index (χ4n) is 1.79. The minimum atomic E-state index is 0.520. The third-order valence-corrected chi connectivity index (χ3v) is 2.75. The molecule has 0 saturated heterocycles. The van der Waals surface area contributed by atoms with E-state index in [-0.39, 0.29) is 0 Å². The van der Waals surface area contributed by atoms with Crippen molar-refractivity contribution in [1.29, 1.82) is 5.26 Å². The zero-order chi connectivity index (χ0) is 12.0. The molecule has 0 aliphatic rings. The molecule has 86 valence electrons. The summed E-state index contributed by atoms with van der Waals surface area (Å²) < 4.78 is 0. The quantitative estimate of drug-likeness (QED) is 0.756. The summed E-state index contributed by atoms with van der Waals surface area (Å²) >= 11 is 0. The standard InChI is InChI=1S/C14H20N2/c1-4-9-16(12(2)3)11-14-8-6-5-7-13(14)10-15/h5-8,12H,4,9,11H2,1-3H3.